The third-order valence-electron chi connectivity index (χ3n) is 2.72. The average Bonchev–Trinajstić information content (AvgIpc) is 2.83. The van der Waals surface area contributed by atoms with Crippen LogP contribution in [0.4, 0.5) is 0 Å². The molecule has 0 unspecified atom stereocenters. The number of carbonyl (C=O) groups is 1. The summed E-state index contributed by atoms with van der Waals surface area (Å²) in [5.74, 6) is 0.422. The molecule has 0 radical (unpaired) electrons. The number of esters is 1. The molecule has 2 heterocycles. The van der Waals surface area contributed by atoms with Crippen molar-refractivity contribution in [2.45, 2.75) is 23.5 Å². The predicted molar refractivity (Wildman–Crippen MR) is 73.7 cm³/mol. The standard InChI is InChI=1S/C13H16N2O3S/c1-13(2,12(16)18-4)19-10-8-15-6-5-14-11(15)7-9(10)17-3/h5-8H,1-4H3. The number of pyridine rings is 1. The van der Waals surface area contributed by atoms with E-state index >= 15 is 0 Å². The van der Waals surface area contributed by atoms with E-state index in [1.165, 1.54) is 18.9 Å². The number of fused-ring (bicyclic) bond motifs is 1. The summed E-state index contributed by atoms with van der Waals surface area (Å²) in [6.45, 7) is 3.64. The smallest absolute Gasteiger partial charge is 0.321 e. The van der Waals surface area contributed by atoms with Gasteiger partial charge in [0.05, 0.1) is 19.1 Å². The fourth-order valence-electron chi connectivity index (χ4n) is 1.72. The first-order valence-electron chi connectivity index (χ1n) is 5.76. The van der Waals surface area contributed by atoms with Crippen molar-refractivity contribution < 1.29 is 14.3 Å². The van der Waals surface area contributed by atoms with Crippen molar-refractivity contribution in [3.63, 3.8) is 0 Å². The maximum atomic E-state index is 11.7. The minimum atomic E-state index is -0.684. The highest BCUT2D eigenvalue weighted by Gasteiger charge is 2.31. The highest BCUT2D eigenvalue weighted by molar-refractivity contribution is 8.01. The van der Waals surface area contributed by atoms with Crippen LogP contribution in [-0.2, 0) is 9.53 Å². The quantitative estimate of drug-likeness (QED) is 0.636. The lowest BCUT2D eigenvalue weighted by Crippen LogP contribution is -2.29. The maximum Gasteiger partial charge on any atom is 0.321 e. The second-order valence-corrected chi connectivity index (χ2v) is 6.17. The van der Waals surface area contributed by atoms with Gasteiger partial charge >= 0.3 is 5.97 Å². The van der Waals surface area contributed by atoms with Crippen LogP contribution >= 0.6 is 11.8 Å². The first-order chi connectivity index (χ1) is 8.97. The molecule has 0 saturated heterocycles. The summed E-state index contributed by atoms with van der Waals surface area (Å²) < 4.78 is 11.4. The molecule has 2 aromatic rings. The van der Waals surface area contributed by atoms with Crippen molar-refractivity contribution in [2.24, 2.45) is 0 Å². The molecule has 2 rings (SSSR count). The molecule has 0 aliphatic heterocycles. The van der Waals surface area contributed by atoms with Gasteiger partial charge in [0.25, 0.3) is 0 Å². The molecule has 19 heavy (non-hydrogen) atoms. The third-order valence-corrected chi connectivity index (χ3v) is 3.92. The molecule has 0 amide bonds. The van der Waals surface area contributed by atoms with Crippen molar-refractivity contribution in [3.05, 3.63) is 24.7 Å². The van der Waals surface area contributed by atoms with Gasteiger partial charge in [-0.15, -0.1) is 11.8 Å². The van der Waals surface area contributed by atoms with E-state index < -0.39 is 4.75 Å². The number of hydrogen-bond donors (Lipinski definition) is 0. The first kappa shape index (κ1) is 13.7. The van der Waals surface area contributed by atoms with Crippen molar-refractivity contribution in [3.8, 4) is 5.75 Å². The van der Waals surface area contributed by atoms with E-state index in [0.717, 1.165) is 10.5 Å². The van der Waals surface area contributed by atoms with Gasteiger partial charge in [0.1, 0.15) is 16.1 Å². The fraction of sp³-hybridized carbons (Fsp3) is 0.385. The number of methoxy groups -OCH3 is 2. The topological polar surface area (TPSA) is 52.8 Å². The number of hydrogen-bond acceptors (Lipinski definition) is 5. The summed E-state index contributed by atoms with van der Waals surface area (Å²) in [6, 6.07) is 1.84. The van der Waals surface area contributed by atoms with Crippen LogP contribution in [0.3, 0.4) is 0 Å². The van der Waals surface area contributed by atoms with E-state index in [9.17, 15) is 4.79 Å². The van der Waals surface area contributed by atoms with E-state index in [-0.39, 0.29) is 5.97 Å². The zero-order valence-corrected chi connectivity index (χ0v) is 12.2. The Balaban J connectivity index is 2.40. The van der Waals surface area contributed by atoms with Crippen LogP contribution in [0, 0.1) is 0 Å². The number of aromatic nitrogens is 2. The SMILES string of the molecule is COC(=O)C(C)(C)Sc1cn2ccnc2cc1OC. The molecular weight excluding hydrogens is 264 g/mol. The lowest BCUT2D eigenvalue weighted by molar-refractivity contribution is -0.142. The van der Waals surface area contributed by atoms with Crippen LogP contribution in [0.1, 0.15) is 13.8 Å². The molecule has 0 spiro atoms. The summed E-state index contributed by atoms with van der Waals surface area (Å²) in [5, 5.41) is 0. The summed E-state index contributed by atoms with van der Waals surface area (Å²) in [6.07, 6.45) is 5.47. The van der Waals surface area contributed by atoms with Crippen LogP contribution in [0.2, 0.25) is 0 Å². The Morgan fingerprint density at radius 2 is 2.16 bits per heavy atom. The first-order valence-corrected chi connectivity index (χ1v) is 6.57. The zero-order valence-electron chi connectivity index (χ0n) is 11.3. The third kappa shape index (κ3) is 2.68. The van der Waals surface area contributed by atoms with Gasteiger partial charge in [0.15, 0.2) is 0 Å². The number of carbonyl (C=O) groups excluding carboxylic acids is 1. The van der Waals surface area contributed by atoms with Gasteiger partial charge in [-0.25, -0.2) is 4.98 Å². The van der Waals surface area contributed by atoms with E-state index in [1.807, 2.05) is 36.7 Å². The van der Waals surface area contributed by atoms with E-state index in [2.05, 4.69) is 4.98 Å². The number of nitrogens with zero attached hydrogens (tertiary/aromatic N) is 2. The van der Waals surface area contributed by atoms with Gasteiger partial charge in [-0.3, -0.25) is 4.79 Å². The highest BCUT2D eigenvalue weighted by Crippen LogP contribution is 2.39. The Hall–Kier alpha value is -1.69. The number of thioether (sulfide) groups is 1. The van der Waals surface area contributed by atoms with Gasteiger partial charge in [0, 0.05) is 24.7 Å². The van der Waals surface area contributed by atoms with Crippen LogP contribution in [-0.4, -0.2) is 34.3 Å². The molecular formula is C13H16N2O3S. The monoisotopic (exact) mass is 280 g/mol. The Morgan fingerprint density at radius 3 is 2.79 bits per heavy atom. The van der Waals surface area contributed by atoms with Crippen LogP contribution in [0.15, 0.2) is 29.6 Å². The van der Waals surface area contributed by atoms with Crippen LogP contribution in [0.5, 0.6) is 5.75 Å². The van der Waals surface area contributed by atoms with Crippen molar-refractivity contribution in [1.29, 1.82) is 0 Å². The average molecular weight is 280 g/mol. The van der Waals surface area contributed by atoms with Crippen molar-refractivity contribution in [1.82, 2.24) is 9.38 Å². The number of rotatable bonds is 4. The lowest BCUT2D eigenvalue weighted by atomic mass is 10.2. The van der Waals surface area contributed by atoms with Crippen LogP contribution < -0.4 is 4.74 Å². The molecule has 0 atom stereocenters. The Morgan fingerprint density at radius 1 is 1.42 bits per heavy atom. The van der Waals surface area contributed by atoms with Gasteiger partial charge in [0.2, 0.25) is 0 Å². The summed E-state index contributed by atoms with van der Waals surface area (Å²) in [7, 11) is 2.99. The summed E-state index contributed by atoms with van der Waals surface area (Å²) in [5.41, 5.74) is 0.803. The molecule has 0 N–H and O–H groups in total. The molecule has 0 fully saturated rings. The molecule has 5 nitrogen and oxygen atoms in total. The van der Waals surface area contributed by atoms with Crippen molar-refractivity contribution in [2.75, 3.05) is 14.2 Å². The molecule has 2 aromatic heterocycles. The van der Waals surface area contributed by atoms with Gasteiger partial charge < -0.3 is 13.9 Å². The van der Waals surface area contributed by atoms with Gasteiger partial charge in [-0.2, -0.15) is 0 Å². The largest absolute Gasteiger partial charge is 0.495 e. The van der Waals surface area contributed by atoms with Crippen molar-refractivity contribution >= 4 is 23.4 Å². The minimum Gasteiger partial charge on any atom is -0.495 e. The second kappa shape index (κ2) is 5.13. The molecule has 0 bridgehead atoms. The second-order valence-electron chi connectivity index (χ2n) is 4.50. The lowest BCUT2D eigenvalue weighted by Gasteiger charge is -2.21. The fourth-order valence-corrected chi connectivity index (χ4v) is 2.85. The molecule has 0 aliphatic carbocycles. The normalized spacial score (nSPS) is 11.6. The molecule has 0 saturated carbocycles. The zero-order chi connectivity index (χ0) is 14.0. The van der Waals surface area contributed by atoms with E-state index in [1.54, 1.807) is 13.3 Å². The van der Waals surface area contributed by atoms with E-state index in [0.29, 0.717) is 5.75 Å². The Bertz CT molecular complexity index is 607. The van der Waals surface area contributed by atoms with Gasteiger partial charge in [-0.05, 0) is 13.8 Å². The van der Waals surface area contributed by atoms with Crippen LogP contribution in [0.25, 0.3) is 5.65 Å². The molecule has 0 aliphatic rings. The Labute approximate surface area is 115 Å². The number of ether oxygens (including phenoxy) is 2. The molecule has 6 heteroatoms. The summed E-state index contributed by atoms with van der Waals surface area (Å²) in [4.78, 5) is 16.8. The maximum absolute atomic E-state index is 11.7. The van der Waals surface area contributed by atoms with E-state index in [4.69, 9.17) is 9.47 Å². The highest BCUT2D eigenvalue weighted by atomic mass is 32.2. The number of imidazole rings is 1. The van der Waals surface area contributed by atoms with Gasteiger partial charge in [-0.1, -0.05) is 0 Å². The minimum absolute atomic E-state index is 0.273. The molecule has 0 aromatic carbocycles. The molecule has 102 valence electrons. The Kier molecular flexibility index (Phi) is 3.71. The predicted octanol–water partition coefficient (Wildman–Crippen LogP) is 2.39. The summed E-state index contributed by atoms with van der Waals surface area (Å²) >= 11 is 1.40.